The summed E-state index contributed by atoms with van der Waals surface area (Å²) in [5.74, 6) is 0. The van der Waals surface area contributed by atoms with Crippen LogP contribution in [0, 0.1) is 6.92 Å². The zero-order valence-electron chi connectivity index (χ0n) is 11.9. The summed E-state index contributed by atoms with van der Waals surface area (Å²) in [4.78, 5) is 4.59. The lowest BCUT2D eigenvalue weighted by atomic mass is 9.78. The van der Waals surface area contributed by atoms with Crippen molar-refractivity contribution in [3.05, 3.63) is 22.8 Å². The average Bonchev–Trinajstić information content (AvgIpc) is 2.46. The van der Waals surface area contributed by atoms with Gasteiger partial charge in [-0.25, -0.2) is 0 Å². The number of nitrogens with zero attached hydrogens (tertiary/aromatic N) is 1. The summed E-state index contributed by atoms with van der Waals surface area (Å²) >= 11 is 0. The Morgan fingerprint density at radius 3 is 2.37 bits per heavy atom. The minimum Gasteiger partial charge on any atom is -0.282 e. The van der Waals surface area contributed by atoms with Gasteiger partial charge in [-0.15, -0.1) is 0 Å². The Balaban J connectivity index is 2.92. The molecule has 104 valence electrons. The van der Waals surface area contributed by atoms with Crippen molar-refractivity contribution >= 4 is 21.5 Å². The molecular formula is C14H19NO3S. The normalized spacial score (nSPS) is 17.3. The van der Waals surface area contributed by atoms with Crippen LogP contribution in [0.1, 0.15) is 44.4 Å². The van der Waals surface area contributed by atoms with E-state index >= 15 is 0 Å². The molecule has 1 aromatic rings. The fourth-order valence-corrected chi connectivity index (χ4v) is 3.86. The standard InChI is InChI=1S/C14H19NO3S/c1-6-10-12-11(15-9(3)14(12,4)5)7-8(2)13(10)19(16,17)18/h7H,6H2,1-5H3,(H,16,17,18). The molecule has 19 heavy (non-hydrogen) atoms. The van der Waals surface area contributed by atoms with Crippen LogP contribution in [0.5, 0.6) is 0 Å². The van der Waals surface area contributed by atoms with E-state index in [0.29, 0.717) is 17.5 Å². The van der Waals surface area contributed by atoms with Crippen molar-refractivity contribution in [3.8, 4) is 0 Å². The quantitative estimate of drug-likeness (QED) is 0.847. The summed E-state index contributed by atoms with van der Waals surface area (Å²) in [5, 5.41) is 0. The van der Waals surface area contributed by atoms with E-state index in [4.69, 9.17) is 0 Å². The minimum absolute atomic E-state index is 0.0479. The van der Waals surface area contributed by atoms with Gasteiger partial charge in [-0.1, -0.05) is 20.8 Å². The van der Waals surface area contributed by atoms with Crippen molar-refractivity contribution in [1.29, 1.82) is 0 Å². The molecule has 1 N–H and O–H groups in total. The van der Waals surface area contributed by atoms with Crippen LogP contribution in [0.2, 0.25) is 0 Å². The molecule has 0 saturated heterocycles. The van der Waals surface area contributed by atoms with Crippen LogP contribution in [-0.4, -0.2) is 18.7 Å². The molecule has 0 atom stereocenters. The zero-order chi connectivity index (χ0) is 14.6. The zero-order valence-corrected chi connectivity index (χ0v) is 12.7. The van der Waals surface area contributed by atoms with Gasteiger partial charge in [0.1, 0.15) is 4.90 Å². The number of benzene rings is 1. The van der Waals surface area contributed by atoms with Gasteiger partial charge >= 0.3 is 0 Å². The van der Waals surface area contributed by atoms with Crippen LogP contribution in [-0.2, 0) is 22.0 Å². The monoisotopic (exact) mass is 281 g/mol. The van der Waals surface area contributed by atoms with E-state index in [9.17, 15) is 13.0 Å². The molecule has 1 heterocycles. The van der Waals surface area contributed by atoms with Gasteiger partial charge in [0.2, 0.25) is 0 Å². The van der Waals surface area contributed by atoms with Gasteiger partial charge in [-0.3, -0.25) is 9.55 Å². The van der Waals surface area contributed by atoms with Crippen LogP contribution < -0.4 is 0 Å². The van der Waals surface area contributed by atoms with E-state index in [1.807, 2.05) is 27.7 Å². The number of hydrogen-bond acceptors (Lipinski definition) is 3. The molecule has 1 aromatic carbocycles. The van der Waals surface area contributed by atoms with Crippen LogP contribution >= 0.6 is 0 Å². The van der Waals surface area contributed by atoms with Gasteiger partial charge in [0.05, 0.1) is 5.69 Å². The third-order valence-electron chi connectivity index (χ3n) is 3.97. The minimum atomic E-state index is -4.22. The SMILES string of the molecule is CCc1c2c(cc(C)c1S(=O)(=O)O)N=C(C)C2(C)C. The van der Waals surface area contributed by atoms with Crippen molar-refractivity contribution < 1.29 is 13.0 Å². The molecule has 0 fully saturated rings. The highest BCUT2D eigenvalue weighted by Gasteiger charge is 2.37. The average molecular weight is 281 g/mol. The largest absolute Gasteiger partial charge is 0.295 e. The first-order chi connectivity index (χ1) is 8.60. The smallest absolute Gasteiger partial charge is 0.282 e. The molecule has 0 aromatic heterocycles. The molecule has 5 heteroatoms. The maximum Gasteiger partial charge on any atom is 0.295 e. The number of rotatable bonds is 2. The highest BCUT2D eigenvalue weighted by molar-refractivity contribution is 7.86. The lowest BCUT2D eigenvalue weighted by Gasteiger charge is -2.24. The molecule has 0 bridgehead atoms. The third-order valence-corrected chi connectivity index (χ3v) is 5.06. The summed E-state index contributed by atoms with van der Waals surface area (Å²) in [6.45, 7) is 9.59. The van der Waals surface area contributed by atoms with Crippen molar-refractivity contribution in [1.82, 2.24) is 0 Å². The van der Waals surface area contributed by atoms with Gasteiger partial charge in [0.25, 0.3) is 10.1 Å². The molecule has 0 radical (unpaired) electrons. The topological polar surface area (TPSA) is 66.7 Å². The number of aryl methyl sites for hydroxylation is 1. The van der Waals surface area contributed by atoms with Gasteiger partial charge in [0.15, 0.2) is 0 Å². The Kier molecular flexibility index (Phi) is 3.10. The predicted octanol–water partition coefficient (Wildman–Crippen LogP) is 3.19. The Morgan fingerprint density at radius 1 is 1.32 bits per heavy atom. The summed E-state index contributed by atoms with van der Waals surface area (Å²) in [6, 6.07) is 1.75. The van der Waals surface area contributed by atoms with Crippen LogP contribution in [0.25, 0.3) is 0 Å². The first kappa shape index (κ1) is 14.2. The third kappa shape index (κ3) is 2.01. The lowest BCUT2D eigenvalue weighted by Crippen LogP contribution is -2.25. The Hall–Kier alpha value is -1.20. The van der Waals surface area contributed by atoms with Gasteiger partial charge < -0.3 is 0 Å². The lowest BCUT2D eigenvalue weighted by molar-refractivity contribution is 0.481. The molecule has 0 spiro atoms. The molecule has 1 aliphatic rings. The number of fused-ring (bicyclic) bond motifs is 1. The van der Waals surface area contributed by atoms with Crippen molar-refractivity contribution in [3.63, 3.8) is 0 Å². The second kappa shape index (κ2) is 4.15. The van der Waals surface area contributed by atoms with E-state index in [1.54, 1.807) is 13.0 Å². The van der Waals surface area contributed by atoms with Crippen LogP contribution in [0.15, 0.2) is 16.0 Å². The maximum absolute atomic E-state index is 11.6. The molecule has 0 amide bonds. The summed E-state index contributed by atoms with van der Waals surface area (Å²) in [5.41, 5.74) is 3.64. The van der Waals surface area contributed by atoms with E-state index < -0.39 is 10.1 Å². The second-order valence-corrected chi connectivity index (χ2v) is 6.90. The second-order valence-electron chi connectivity index (χ2n) is 5.55. The van der Waals surface area contributed by atoms with Crippen LogP contribution in [0.3, 0.4) is 0 Å². The van der Waals surface area contributed by atoms with Gasteiger partial charge in [0, 0.05) is 11.1 Å². The molecule has 4 nitrogen and oxygen atoms in total. The fraction of sp³-hybridized carbons (Fsp3) is 0.500. The van der Waals surface area contributed by atoms with E-state index in [-0.39, 0.29) is 10.3 Å². The summed E-state index contributed by atoms with van der Waals surface area (Å²) < 4.78 is 32.8. The first-order valence-corrected chi connectivity index (χ1v) is 7.75. The van der Waals surface area contributed by atoms with E-state index in [0.717, 1.165) is 17.0 Å². The van der Waals surface area contributed by atoms with Crippen molar-refractivity contribution in [2.75, 3.05) is 0 Å². The molecule has 1 aliphatic heterocycles. The van der Waals surface area contributed by atoms with Gasteiger partial charge in [-0.2, -0.15) is 8.42 Å². The predicted molar refractivity (Wildman–Crippen MR) is 76.2 cm³/mol. The number of aliphatic imine (C=N–C) groups is 1. The molecular weight excluding hydrogens is 262 g/mol. The van der Waals surface area contributed by atoms with Gasteiger partial charge in [-0.05, 0) is 43.0 Å². The fourth-order valence-electron chi connectivity index (χ4n) is 2.83. The molecule has 0 aliphatic carbocycles. The summed E-state index contributed by atoms with van der Waals surface area (Å²) in [6.07, 6.45) is 0.547. The Morgan fingerprint density at radius 2 is 1.89 bits per heavy atom. The number of hydrogen-bond donors (Lipinski definition) is 1. The summed E-state index contributed by atoms with van der Waals surface area (Å²) in [7, 11) is -4.22. The Labute approximate surface area is 114 Å². The molecule has 2 rings (SSSR count). The maximum atomic E-state index is 11.6. The van der Waals surface area contributed by atoms with E-state index in [2.05, 4.69) is 4.99 Å². The highest BCUT2D eigenvalue weighted by Crippen LogP contribution is 2.45. The molecule has 0 unspecified atom stereocenters. The van der Waals surface area contributed by atoms with E-state index in [1.165, 1.54) is 0 Å². The Bertz CT molecular complexity index is 685. The van der Waals surface area contributed by atoms with Crippen molar-refractivity contribution in [2.45, 2.75) is 51.3 Å². The van der Waals surface area contributed by atoms with Crippen LogP contribution in [0.4, 0.5) is 5.69 Å². The highest BCUT2D eigenvalue weighted by atomic mass is 32.2. The molecule has 0 saturated carbocycles. The van der Waals surface area contributed by atoms with Crippen molar-refractivity contribution in [2.24, 2.45) is 4.99 Å². The first-order valence-electron chi connectivity index (χ1n) is 6.31.